The number of benzene rings is 1. The molecule has 0 unspecified atom stereocenters. The number of ether oxygens (including phenoxy) is 1. The molecule has 0 atom stereocenters. The van der Waals surface area contributed by atoms with Crippen LogP contribution in [0.4, 0.5) is 11.5 Å². The minimum absolute atomic E-state index is 0.0520. The molecule has 1 aromatic heterocycles. The van der Waals surface area contributed by atoms with Crippen LogP contribution < -0.4 is 15.2 Å². The van der Waals surface area contributed by atoms with E-state index in [9.17, 15) is 8.42 Å². The normalized spacial score (nSPS) is 11.2. The molecule has 7 nitrogen and oxygen atoms in total. The average molecular weight is 329 g/mol. The van der Waals surface area contributed by atoms with E-state index in [2.05, 4.69) is 14.7 Å². The molecule has 1 aromatic carbocycles. The highest BCUT2D eigenvalue weighted by molar-refractivity contribution is 7.92. The zero-order chi connectivity index (χ0) is 15.6. The summed E-state index contributed by atoms with van der Waals surface area (Å²) in [5, 5.41) is 0.123. The maximum atomic E-state index is 12.4. The third-order valence-electron chi connectivity index (χ3n) is 2.71. The van der Waals surface area contributed by atoms with Gasteiger partial charge < -0.3 is 10.5 Å². The number of nitrogen functional groups attached to an aromatic ring is 1. The molecule has 0 aliphatic heterocycles. The summed E-state index contributed by atoms with van der Waals surface area (Å²) in [5.41, 5.74) is 6.83. The van der Waals surface area contributed by atoms with Crippen molar-refractivity contribution in [3.05, 3.63) is 35.2 Å². The lowest BCUT2D eigenvalue weighted by atomic mass is 10.2. The van der Waals surface area contributed by atoms with Crippen molar-refractivity contribution < 1.29 is 13.2 Å². The highest BCUT2D eigenvalue weighted by atomic mass is 35.5. The van der Waals surface area contributed by atoms with Crippen molar-refractivity contribution in [3.63, 3.8) is 0 Å². The zero-order valence-corrected chi connectivity index (χ0v) is 12.9. The van der Waals surface area contributed by atoms with Crippen molar-refractivity contribution in [2.75, 3.05) is 17.6 Å². The quantitative estimate of drug-likeness (QED) is 0.655. The second-order valence-electron chi connectivity index (χ2n) is 4.19. The Morgan fingerprint density at radius 1 is 1.29 bits per heavy atom. The number of nitrogens with one attached hydrogen (secondary N) is 1. The second-order valence-corrected chi connectivity index (χ2v) is 6.23. The number of hydrogen-bond donors (Lipinski definition) is 2. The van der Waals surface area contributed by atoms with E-state index in [1.165, 1.54) is 19.2 Å². The number of rotatable bonds is 4. The molecule has 0 bridgehead atoms. The summed E-state index contributed by atoms with van der Waals surface area (Å²) in [5.74, 6) is 0.241. The summed E-state index contributed by atoms with van der Waals surface area (Å²) in [6, 6.07) is 4.18. The van der Waals surface area contributed by atoms with Crippen LogP contribution in [0, 0.1) is 6.92 Å². The SMILES string of the molecule is COc1cc(C)c(N)cc1S(=O)(=O)Nc1cc(Cl)ncn1. The summed E-state index contributed by atoms with van der Waals surface area (Å²) < 4.78 is 32.2. The van der Waals surface area contributed by atoms with Gasteiger partial charge in [0.15, 0.2) is 0 Å². The van der Waals surface area contributed by atoms with Gasteiger partial charge in [0.05, 0.1) is 7.11 Å². The molecule has 0 radical (unpaired) electrons. The van der Waals surface area contributed by atoms with Crippen LogP contribution in [0.5, 0.6) is 5.75 Å². The number of nitrogens with two attached hydrogens (primary N) is 1. The summed E-state index contributed by atoms with van der Waals surface area (Å²) >= 11 is 5.69. The Labute approximate surface area is 127 Å². The molecule has 0 aliphatic rings. The number of nitrogens with zero attached hydrogens (tertiary/aromatic N) is 2. The Balaban J connectivity index is 2.47. The van der Waals surface area contributed by atoms with Crippen molar-refractivity contribution in [2.24, 2.45) is 0 Å². The fourth-order valence-corrected chi connectivity index (χ4v) is 2.96. The Morgan fingerprint density at radius 2 is 2.00 bits per heavy atom. The molecule has 0 spiro atoms. The van der Waals surface area contributed by atoms with E-state index in [0.717, 1.165) is 11.9 Å². The Morgan fingerprint density at radius 3 is 2.62 bits per heavy atom. The molecule has 1 heterocycles. The summed E-state index contributed by atoms with van der Waals surface area (Å²) in [6.45, 7) is 1.76. The Hall–Kier alpha value is -2.06. The molecule has 2 rings (SSSR count). The number of aryl methyl sites for hydroxylation is 1. The first-order valence-corrected chi connectivity index (χ1v) is 7.64. The van der Waals surface area contributed by atoms with Crippen LogP contribution in [0.15, 0.2) is 29.4 Å². The van der Waals surface area contributed by atoms with E-state index in [0.29, 0.717) is 5.69 Å². The predicted molar refractivity (Wildman–Crippen MR) is 80.0 cm³/mol. The minimum atomic E-state index is -3.92. The average Bonchev–Trinajstić information content (AvgIpc) is 2.40. The second kappa shape index (κ2) is 5.74. The number of aromatic nitrogens is 2. The molecule has 9 heteroatoms. The van der Waals surface area contributed by atoms with E-state index in [-0.39, 0.29) is 21.6 Å². The van der Waals surface area contributed by atoms with Crippen molar-refractivity contribution in [2.45, 2.75) is 11.8 Å². The fraction of sp³-hybridized carbons (Fsp3) is 0.167. The van der Waals surface area contributed by atoms with Crippen molar-refractivity contribution >= 4 is 33.1 Å². The molecular weight excluding hydrogens is 316 g/mol. The highest BCUT2D eigenvalue weighted by Gasteiger charge is 2.21. The van der Waals surface area contributed by atoms with E-state index >= 15 is 0 Å². The minimum Gasteiger partial charge on any atom is -0.495 e. The van der Waals surface area contributed by atoms with Crippen LogP contribution >= 0.6 is 11.6 Å². The lowest BCUT2D eigenvalue weighted by Gasteiger charge is -2.13. The molecule has 21 heavy (non-hydrogen) atoms. The van der Waals surface area contributed by atoms with Crippen molar-refractivity contribution in [3.8, 4) is 5.75 Å². The van der Waals surface area contributed by atoms with E-state index in [4.69, 9.17) is 22.1 Å². The number of sulfonamides is 1. The maximum Gasteiger partial charge on any atom is 0.266 e. The zero-order valence-electron chi connectivity index (χ0n) is 11.3. The van der Waals surface area contributed by atoms with Crippen LogP contribution in [0.3, 0.4) is 0 Å². The van der Waals surface area contributed by atoms with Gasteiger partial charge in [-0.05, 0) is 24.6 Å². The largest absolute Gasteiger partial charge is 0.495 e. The molecular formula is C12H13ClN4O3S. The standard InChI is InChI=1S/C12H13ClN4O3S/c1-7-3-9(20-2)10(4-8(7)14)21(18,19)17-12-5-11(13)15-6-16-12/h3-6H,14H2,1-2H3,(H,15,16,17). The van der Waals surface area contributed by atoms with Gasteiger partial charge in [-0.25, -0.2) is 18.4 Å². The monoisotopic (exact) mass is 328 g/mol. The first kappa shape index (κ1) is 15.3. The van der Waals surface area contributed by atoms with Gasteiger partial charge >= 0.3 is 0 Å². The first-order chi connectivity index (χ1) is 9.83. The lowest BCUT2D eigenvalue weighted by Crippen LogP contribution is -2.15. The van der Waals surface area contributed by atoms with Gasteiger partial charge in [0.25, 0.3) is 10.0 Å². The van der Waals surface area contributed by atoms with Crippen LogP contribution in [-0.2, 0) is 10.0 Å². The highest BCUT2D eigenvalue weighted by Crippen LogP contribution is 2.30. The molecule has 0 saturated heterocycles. The van der Waals surface area contributed by atoms with Gasteiger partial charge in [0.1, 0.15) is 27.9 Å². The number of hydrogen-bond acceptors (Lipinski definition) is 6. The third-order valence-corrected chi connectivity index (χ3v) is 4.30. The van der Waals surface area contributed by atoms with Gasteiger partial charge in [-0.2, -0.15) is 0 Å². The number of halogens is 1. The molecule has 3 N–H and O–H groups in total. The maximum absolute atomic E-state index is 12.4. The van der Waals surface area contributed by atoms with Crippen molar-refractivity contribution in [1.29, 1.82) is 0 Å². The van der Waals surface area contributed by atoms with Crippen LogP contribution in [0.1, 0.15) is 5.56 Å². The molecule has 0 saturated carbocycles. The van der Waals surface area contributed by atoms with Gasteiger partial charge in [-0.1, -0.05) is 11.6 Å². The fourth-order valence-electron chi connectivity index (χ4n) is 1.63. The number of anilines is 2. The van der Waals surface area contributed by atoms with Crippen LogP contribution in [-0.4, -0.2) is 25.5 Å². The predicted octanol–water partition coefficient (Wildman–Crippen LogP) is 1.83. The lowest BCUT2D eigenvalue weighted by molar-refractivity contribution is 0.402. The molecule has 0 fully saturated rings. The van der Waals surface area contributed by atoms with E-state index in [1.54, 1.807) is 13.0 Å². The Kier molecular flexibility index (Phi) is 4.19. The van der Waals surface area contributed by atoms with Gasteiger partial charge in [-0.15, -0.1) is 0 Å². The molecule has 112 valence electrons. The Bertz CT molecular complexity index is 780. The molecule has 0 aliphatic carbocycles. The number of methoxy groups -OCH3 is 1. The summed E-state index contributed by atoms with van der Waals surface area (Å²) in [6.07, 6.45) is 1.15. The van der Waals surface area contributed by atoms with E-state index in [1.807, 2.05) is 0 Å². The van der Waals surface area contributed by atoms with E-state index < -0.39 is 10.0 Å². The summed E-state index contributed by atoms with van der Waals surface area (Å²) in [4.78, 5) is 7.38. The van der Waals surface area contributed by atoms with Gasteiger partial charge in [0, 0.05) is 11.8 Å². The third kappa shape index (κ3) is 3.34. The molecule has 2 aromatic rings. The van der Waals surface area contributed by atoms with Gasteiger partial charge in [-0.3, -0.25) is 4.72 Å². The smallest absolute Gasteiger partial charge is 0.266 e. The van der Waals surface area contributed by atoms with Crippen molar-refractivity contribution in [1.82, 2.24) is 9.97 Å². The first-order valence-electron chi connectivity index (χ1n) is 5.78. The topological polar surface area (TPSA) is 107 Å². The molecule has 0 amide bonds. The van der Waals surface area contributed by atoms with Gasteiger partial charge in [0.2, 0.25) is 0 Å². The summed E-state index contributed by atoms with van der Waals surface area (Å²) in [7, 11) is -2.54. The van der Waals surface area contributed by atoms with Crippen LogP contribution in [0.25, 0.3) is 0 Å². The van der Waals surface area contributed by atoms with Crippen LogP contribution in [0.2, 0.25) is 5.15 Å².